The van der Waals surface area contributed by atoms with Gasteiger partial charge in [0, 0.05) is 15.2 Å². The van der Waals surface area contributed by atoms with Crippen molar-refractivity contribution >= 4 is 45.1 Å². The number of aryl methyl sites for hydroxylation is 1. The highest BCUT2D eigenvalue weighted by atomic mass is 79.9. The number of hydrogen-bond donors (Lipinski definition) is 1. The zero-order valence-corrected chi connectivity index (χ0v) is 14.9. The van der Waals surface area contributed by atoms with Crippen LogP contribution < -0.4 is 5.32 Å². The van der Waals surface area contributed by atoms with Gasteiger partial charge < -0.3 is 10.1 Å². The van der Waals surface area contributed by atoms with Crippen molar-refractivity contribution in [2.45, 2.75) is 20.0 Å². The Morgan fingerprint density at radius 3 is 2.65 bits per heavy atom. The molecule has 0 fully saturated rings. The van der Waals surface area contributed by atoms with Gasteiger partial charge in [-0.2, -0.15) is 0 Å². The Morgan fingerprint density at radius 1 is 1.22 bits per heavy atom. The van der Waals surface area contributed by atoms with E-state index in [0.29, 0.717) is 16.3 Å². The molecule has 0 aromatic heterocycles. The van der Waals surface area contributed by atoms with Crippen LogP contribution in [0.5, 0.6) is 0 Å². The van der Waals surface area contributed by atoms with Crippen LogP contribution in [0.3, 0.4) is 0 Å². The minimum absolute atomic E-state index is 0.373. The third-order valence-electron chi connectivity index (χ3n) is 3.17. The van der Waals surface area contributed by atoms with Gasteiger partial charge in [-0.15, -0.1) is 0 Å². The molecule has 120 valence electrons. The Hall–Kier alpha value is -1.85. The third kappa shape index (κ3) is 4.81. The van der Waals surface area contributed by atoms with Gasteiger partial charge in [-0.3, -0.25) is 4.79 Å². The number of ether oxygens (including phenoxy) is 1. The molecule has 4 nitrogen and oxygen atoms in total. The van der Waals surface area contributed by atoms with E-state index in [1.165, 1.54) is 6.92 Å². The van der Waals surface area contributed by atoms with Gasteiger partial charge in [0.2, 0.25) is 0 Å². The minimum Gasteiger partial charge on any atom is -0.449 e. The van der Waals surface area contributed by atoms with E-state index >= 15 is 0 Å². The second-order valence-corrected chi connectivity index (χ2v) is 6.36. The van der Waals surface area contributed by atoms with Crippen LogP contribution in [0.1, 0.15) is 22.8 Å². The van der Waals surface area contributed by atoms with Crippen molar-refractivity contribution in [1.29, 1.82) is 0 Å². The number of amides is 1. The molecule has 1 unspecified atom stereocenters. The number of nitrogens with one attached hydrogen (secondary N) is 1. The first-order valence-corrected chi connectivity index (χ1v) is 8.07. The summed E-state index contributed by atoms with van der Waals surface area (Å²) >= 11 is 9.20. The lowest BCUT2D eigenvalue weighted by Gasteiger charge is -2.15. The highest BCUT2D eigenvalue weighted by molar-refractivity contribution is 9.10. The molecule has 2 aromatic rings. The van der Waals surface area contributed by atoms with Crippen LogP contribution in [0.15, 0.2) is 46.9 Å². The highest BCUT2D eigenvalue weighted by Crippen LogP contribution is 2.20. The summed E-state index contributed by atoms with van der Waals surface area (Å²) in [5.41, 5.74) is 1.83. The van der Waals surface area contributed by atoms with E-state index in [4.69, 9.17) is 16.3 Å². The van der Waals surface area contributed by atoms with E-state index in [0.717, 1.165) is 10.0 Å². The summed E-state index contributed by atoms with van der Waals surface area (Å²) in [4.78, 5) is 24.2. The average Bonchev–Trinajstić information content (AvgIpc) is 2.50. The standard InChI is InChI=1S/C17H15BrClNO3/c1-10-6-7-14(19)9-15(10)20-16(21)11(2)23-17(22)12-4-3-5-13(18)8-12/h3-9,11H,1-2H3,(H,20,21). The number of hydrogen-bond acceptors (Lipinski definition) is 3. The van der Waals surface area contributed by atoms with Crippen LogP contribution >= 0.6 is 27.5 Å². The first-order chi connectivity index (χ1) is 10.9. The molecule has 1 atom stereocenters. The summed E-state index contributed by atoms with van der Waals surface area (Å²) in [5.74, 6) is -0.976. The Kier molecular flexibility index (Phi) is 5.80. The van der Waals surface area contributed by atoms with Crippen LogP contribution in [-0.2, 0) is 9.53 Å². The molecule has 0 heterocycles. The molecule has 0 bridgehead atoms. The minimum atomic E-state index is -0.931. The summed E-state index contributed by atoms with van der Waals surface area (Å²) in [6, 6.07) is 12.0. The van der Waals surface area contributed by atoms with Crippen LogP contribution in [0.4, 0.5) is 5.69 Å². The van der Waals surface area contributed by atoms with Gasteiger partial charge in [0.1, 0.15) is 0 Å². The predicted octanol–water partition coefficient (Wildman–Crippen LogP) is 4.59. The van der Waals surface area contributed by atoms with Crippen LogP contribution in [0, 0.1) is 6.92 Å². The van der Waals surface area contributed by atoms with Crippen molar-refractivity contribution in [3.8, 4) is 0 Å². The first-order valence-electron chi connectivity index (χ1n) is 6.90. The van der Waals surface area contributed by atoms with Gasteiger partial charge >= 0.3 is 5.97 Å². The Morgan fingerprint density at radius 2 is 1.96 bits per heavy atom. The molecule has 0 saturated heterocycles. The van der Waals surface area contributed by atoms with E-state index in [1.54, 1.807) is 42.5 Å². The predicted molar refractivity (Wildman–Crippen MR) is 93.8 cm³/mol. The first kappa shape index (κ1) is 17.5. The Bertz CT molecular complexity index is 748. The van der Waals surface area contributed by atoms with Gasteiger partial charge in [-0.1, -0.05) is 39.7 Å². The molecule has 0 aliphatic rings. The molecule has 0 spiro atoms. The van der Waals surface area contributed by atoms with Crippen molar-refractivity contribution in [3.05, 3.63) is 63.1 Å². The molecule has 1 amide bonds. The lowest BCUT2D eigenvalue weighted by atomic mass is 10.2. The number of carbonyl (C=O) groups excluding carboxylic acids is 2. The van der Waals surface area contributed by atoms with E-state index in [9.17, 15) is 9.59 Å². The molecular weight excluding hydrogens is 382 g/mol. The lowest BCUT2D eigenvalue weighted by Crippen LogP contribution is -2.30. The fourth-order valence-corrected chi connectivity index (χ4v) is 2.43. The molecule has 2 rings (SSSR count). The second-order valence-electron chi connectivity index (χ2n) is 5.01. The molecule has 6 heteroatoms. The third-order valence-corrected chi connectivity index (χ3v) is 3.90. The number of benzene rings is 2. The fraction of sp³-hybridized carbons (Fsp3) is 0.176. The van der Waals surface area contributed by atoms with E-state index < -0.39 is 18.0 Å². The summed E-state index contributed by atoms with van der Waals surface area (Å²) in [5, 5.41) is 3.23. The monoisotopic (exact) mass is 395 g/mol. The summed E-state index contributed by atoms with van der Waals surface area (Å²) in [6.07, 6.45) is -0.931. The van der Waals surface area contributed by atoms with Crippen molar-refractivity contribution < 1.29 is 14.3 Å². The summed E-state index contributed by atoms with van der Waals surface area (Å²) in [6.45, 7) is 3.37. The van der Waals surface area contributed by atoms with Crippen molar-refractivity contribution in [2.75, 3.05) is 5.32 Å². The number of rotatable bonds is 4. The average molecular weight is 397 g/mol. The van der Waals surface area contributed by atoms with Crippen molar-refractivity contribution in [2.24, 2.45) is 0 Å². The lowest BCUT2D eigenvalue weighted by molar-refractivity contribution is -0.123. The molecular formula is C17H15BrClNO3. The van der Waals surface area contributed by atoms with Gasteiger partial charge in [0.05, 0.1) is 5.56 Å². The maximum absolute atomic E-state index is 12.2. The maximum atomic E-state index is 12.2. The van der Waals surface area contributed by atoms with E-state index in [2.05, 4.69) is 21.2 Å². The van der Waals surface area contributed by atoms with Crippen molar-refractivity contribution in [1.82, 2.24) is 0 Å². The number of halogens is 2. The SMILES string of the molecule is Cc1ccc(Cl)cc1NC(=O)C(C)OC(=O)c1cccc(Br)c1. The van der Waals surface area contributed by atoms with Crippen molar-refractivity contribution in [3.63, 3.8) is 0 Å². The fourth-order valence-electron chi connectivity index (χ4n) is 1.86. The quantitative estimate of drug-likeness (QED) is 0.769. The molecule has 2 aromatic carbocycles. The van der Waals surface area contributed by atoms with Gasteiger partial charge in [0.25, 0.3) is 5.91 Å². The van der Waals surface area contributed by atoms with E-state index in [1.807, 2.05) is 6.92 Å². The molecule has 0 radical (unpaired) electrons. The number of anilines is 1. The largest absolute Gasteiger partial charge is 0.449 e. The van der Waals surface area contributed by atoms with Gasteiger partial charge in [-0.25, -0.2) is 4.79 Å². The van der Waals surface area contributed by atoms with Crippen LogP contribution in [0.2, 0.25) is 5.02 Å². The van der Waals surface area contributed by atoms with Gasteiger partial charge in [0.15, 0.2) is 6.10 Å². The second kappa shape index (κ2) is 7.62. The zero-order valence-electron chi connectivity index (χ0n) is 12.6. The summed E-state index contributed by atoms with van der Waals surface area (Å²) < 4.78 is 5.95. The molecule has 23 heavy (non-hydrogen) atoms. The molecule has 1 N–H and O–H groups in total. The molecule has 0 saturated carbocycles. The Balaban J connectivity index is 2.02. The van der Waals surface area contributed by atoms with Gasteiger partial charge in [-0.05, 0) is 49.7 Å². The van der Waals surface area contributed by atoms with Crippen LogP contribution in [-0.4, -0.2) is 18.0 Å². The summed E-state index contributed by atoms with van der Waals surface area (Å²) in [7, 11) is 0. The molecule has 0 aliphatic carbocycles. The topological polar surface area (TPSA) is 55.4 Å². The normalized spacial score (nSPS) is 11.7. The molecule has 0 aliphatic heterocycles. The smallest absolute Gasteiger partial charge is 0.338 e. The highest BCUT2D eigenvalue weighted by Gasteiger charge is 2.19. The number of carbonyl (C=O) groups is 2. The maximum Gasteiger partial charge on any atom is 0.338 e. The zero-order chi connectivity index (χ0) is 17.0. The number of esters is 1. The van der Waals surface area contributed by atoms with Crippen LogP contribution in [0.25, 0.3) is 0 Å². The van der Waals surface area contributed by atoms with E-state index in [-0.39, 0.29) is 0 Å². The Labute approximate surface area is 147 Å².